The maximum Gasteiger partial charge on any atom is 0.200 e. The summed E-state index contributed by atoms with van der Waals surface area (Å²) in [6.45, 7) is 4.88. The van der Waals surface area contributed by atoms with Gasteiger partial charge in [-0.25, -0.2) is 0 Å². The lowest BCUT2D eigenvalue weighted by atomic mass is 10.0. The first-order valence-corrected chi connectivity index (χ1v) is 8.58. The monoisotopic (exact) mass is 340 g/mol. The van der Waals surface area contributed by atoms with Gasteiger partial charge in [-0.2, -0.15) is 4.99 Å². The molecule has 2 aromatic carbocycles. The average molecular weight is 340 g/mol. The van der Waals surface area contributed by atoms with Crippen molar-refractivity contribution in [2.75, 3.05) is 5.32 Å². The summed E-state index contributed by atoms with van der Waals surface area (Å²) in [6.07, 6.45) is 1.86. The molecule has 0 aromatic heterocycles. The largest absolute Gasteiger partial charge is 0.369 e. The lowest BCUT2D eigenvalue weighted by molar-refractivity contribution is 0.920. The van der Waals surface area contributed by atoms with Gasteiger partial charge in [0.1, 0.15) is 0 Å². The Kier molecular flexibility index (Phi) is 6.75. The van der Waals surface area contributed by atoms with Crippen LogP contribution < -0.4 is 16.4 Å². The van der Waals surface area contributed by atoms with E-state index < -0.39 is 0 Å². The smallest absolute Gasteiger partial charge is 0.200 e. The van der Waals surface area contributed by atoms with E-state index in [0.29, 0.717) is 17.6 Å². The third-order valence-corrected chi connectivity index (χ3v) is 4.00. The summed E-state index contributed by atoms with van der Waals surface area (Å²) in [5.41, 5.74) is 10.7. The topological polar surface area (TPSA) is 62.4 Å². The number of nitrogens with two attached hydrogens (primary N) is 1. The zero-order valence-corrected chi connectivity index (χ0v) is 15.0. The van der Waals surface area contributed by atoms with E-state index in [0.717, 1.165) is 24.1 Å². The van der Waals surface area contributed by atoms with E-state index in [9.17, 15) is 0 Å². The molecule has 0 saturated carbocycles. The van der Waals surface area contributed by atoms with Gasteiger partial charge in [0.25, 0.3) is 0 Å². The third kappa shape index (κ3) is 5.06. The molecule has 0 atom stereocenters. The number of aliphatic imine (C=N–C) groups is 1. The molecule has 0 amide bonds. The van der Waals surface area contributed by atoms with Crippen molar-refractivity contribution >= 4 is 29.0 Å². The fourth-order valence-corrected chi connectivity index (χ4v) is 2.65. The first-order chi connectivity index (χ1) is 11.6. The second-order valence-electron chi connectivity index (χ2n) is 5.42. The summed E-state index contributed by atoms with van der Waals surface area (Å²) in [4.78, 5) is 4.24. The number of benzene rings is 2. The van der Waals surface area contributed by atoms with E-state index in [2.05, 4.69) is 47.7 Å². The summed E-state index contributed by atoms with van der Waals surface area (Å²) < 4.78 is 0. The highest BCUT2D eigenvalue weighted by Crippen LogP contribution is 2.22. The predicted octanol–water partition coefficient (Wildman–Crippen LogP) is 3.61. The Morgan fingerprint density at radius 3 is 2.21 bits per heavy atom. The van der Waals surface area contributed by atoms with E-state index in [1.54, 1.807) is 0 Å². The molecule has 0 bridgehead atoms. The molecule has 4 nitrogen and oxygen atoms in total. The van der Waals surface area contributed by atoms with Crippen LogP contribution >= 0.6 is 12.2 Å². The molecular weight excluding hydrogens is 316 g/mol. The molecule has 4 N–H and O–H groups in total. The van der Waals surface area contributed by atoms with Crippen molar-refractivity contribution in [2.24, 2.45) is 10.7 Å². The molecule has 0 saturated heterocycles. The van der Waals surface area contributed by atoms with Crippen LogP contribution in [-0.4, -0.2) is 11.1 Å². The lowest BCUT2D eigenvalue weighted by Crippen LogP contribution is -2.28. The zero-order chi connectivity index (χ0) is 17.4. The lowest BCUT2D eigenvalue weighted by Gasteiger charge is -2.15. The van der Waals surface area contributed by atoms with Crippen LogP contribution in [0.25, 0.3) is 0 Å². The van der Waals surface area contributed by atoms with E-state index in [4.69, 9.17) is 18.0 Å². The predicted molar refractivity (Wildman–Crippen MR) is 106 cm³/mol. The van der Waals surface area contributed by atoms with Crippen LogP contribution in [0.2, 0.25) is 0 Å². The Morgan fingerprint density at radius 1 is 1.00 bits per heavy atom. The second-order valence-corrected chi connectivity index (χ2v) is 5.81. The normalized spacial score (nSPS) is 11.2. The molecule has 0 unspecified atom stereocenters. The van der Waals surface area contributed by atoms with Crippen molar-refractivity contribution in [3.63, 3.8) is 0 Å². The summed E-state index contributed by atoms with van der Waals surface area (Å²) in [6, 6.07) is 16.3. The number of thiocarbonyl (C=S) groups is 1. The Labute approximate surface area is 149 Å². The van der Waals surface area contributed by atoms with Crippen LogP contribution in [0.5, 0.6) is 0 Å². The van der Waals surface area contributed by atoms with Gasteiger partial charge in [0, 0.05) is 12.2 Å². The van der Waals surface area contributed by atoms with Crippen LogP contribution in [0.15, 0.2) is 53.5 Å². The molecule has 5 heteroatoms. The molecular formula is C19H24N4S. The maximum absolute atomic E-state index is 6.03. The Morgan fingerprint density at radius 2 is 1.62 bits per heavy atom. The molecule has 0 heterocycles. The number of rotatable bonds is 5. The standard InChI is InChI=1S/C19H24N4S/c1-3-15-11-8-12-16(4-2)17(15)22-18(20)23-19(24)21-13-14-9-6-5-7-10-14/h5-12H,3-4,13H2,1-2H3,(H4,20,21,22,23,24). The molecule has 0 aliphatic heterocycles. The number of hydrogen-bond acceptors (Lipinski definition) is 1. The van der Waals surface area contributed by atoms with Crippen molar-refractivity contribution < 1.29 is 0 Å². The highest BCUT2D eigenvalue weighted by molar-refractivity contribution is 7.80. The van der Waals surface area contributed by atoms with E-state index in [1.165, 1.54) is 11.1 Å². The summed E-state index contributed by atoms with van der Waals surface area (Å²) in [5, 5.41) is 6.68. The molecule has 0 radical (unpaired) electrons. The van der Waals surface area contributed by atoms with Gasteiger partial charge >= 0.3 is 0 Å². The number of guanidine groups is 1. The summed E-state index contributed by atoms with van der Waals surface area (Å²) in [7, 11) is 0. The highest BCUT2D eigenvalue weighted by Gasteiger charge is 2.07. The molecule has 0 fully saturated rings. The zero-order valence-electron chi connectivity index (χ0n) is 14.2. The van der Waals surface area contributed by atoms with Gasteiger partial charge in [0.05, 0.1) is 0 Å². The molecule has 0 aliphatic rings. The summed E-state index contributed by atoms with van der Waals surface area (Å²) >= 11 is 5.25. The van der Waals surface area contributed by atoms with E-state index in [1.807, 2.05) is 30.3 Å². The van der Waals surface area contributed by atoms with Gasteiger partial charge in [-0.3, -0.25) is 0 Å². The fraction of sp³-hybridized carbons (Fsp3) is 0.263. The summed E-state index contributed by atoms with van der Waals surface area (Å²) in [5.74, 6) is 0.302. The number of nitrogens with zero attached hydrogens (tertiary/aromatic N) is 1. The number of hydrogen-bond donors (Lipinski definition) is 3. The minimum Gasteiger partial charge on any atom is -0.369 e. The van der Waals surface area contributed by atoms with Gasteiger partial charge < -0.3 is 16.4 Å². The van der Waals surface area contributed by atoms with Crippen LogP contribution in [0.3, 0.4) is 0 Å². The molecule has 24 heavy (non-hydrogen) atoms. The molecule has 0 spiro atoms. The number of aryl methyl sites for hydroxylation is 2. The molecule has 0 aliphatic carbocycles. The minimum atomic E-state index is 0.302. The third-order valence-electron chi connectivity index (χ3n) is 3.76. The minimum absolute atomic E-state index is 0.302. The highest BCUT2D eigenvalue weighted by atomic mass is 32.1. The SMILES string of the molecule is CCc1cccc(CC)c1NC(N)=NC(=S)NCc1ccccc1. The molecule has 2 rings (SSSR count). The number of nitrogens with one attached hydrogen (secondary N) is 2. The van der Waals surface area contributed by atoms with Gasteiger partial charge in [0.15, 0.2) is 5.11 Å². The average Bonchev–Trinajstić information content (AvgIpc) is 2.61. The van der Waals surface area contributed by atoms with Crippen LogP contribution in [0.1, 0.15) is 30.5 Å². The first-order valence-electron chi connectivity index (χ1n) is 8.17. The first kappa shape index (κ1) is 17.9. The fourth-order valence-electron chi connectivity index (χ4n) is 2.48. The van der Waals surface area contributed by atoms with Crippen molar-refractivity contribution in [1.29, 1.82) is 0 Å². The van der Waals surface area contributed by atoms with Gasteiger partial charge in [-0.1, -0.05) is 62.4 Å². The van der Waals surface area contributed by atoms with Crippen LogP contribution in [0, 0.1) is 0 Å². The number of para-hydroxylation sites is 1. The van der Waals surface area contributed by atoms with Crippen molar-refractivity contribution in [3.8, 4) is 0 Å². The van der Waals surface area contributed by atoms with Gasteiger partial charge in [0.2, 0.25) is 5.96 Å². The van der Waals surface area contributed by atoms with Gasteiger partial charge in [-0.05, 0) is 41.7 Å². The number of anilines is 1. The van der Waals surface area contributed by atoms with Gasteiger partial charge in [-0.15, -0.1) is 0 Å². The Hall–Kier alpha value is -2.40. The Bertz CT molecular complexity index is 688. The Balaban J connectivity index is 2.02. The van der Waals surface area contributed by atoms with E-state index >= 15 is 0 Å². The molecule has 126 valence electrons. The van der Waals surface area contributed by atoms with E-state index in [-0.39, 0.29) is 0 Å². The van der Waals surface area contributed by atoms with Crippen molar-refractivity contribution in [3.05, 3.63) is 65.2 Å². The molecule has 2 aromatic rings. The maximum atomic E-state index is 6.03. The second kappa shape index (κ2) is 9.03. The van der Waals surface area contributed by atoms with Crippen molar-refractivity contribution in [2.45, 2.75) is 33.2 Å². The van der Waals surface area contributed by atoms with Crippen LogP contribution in [0.4, 0.5) is 5.69 Å². The quantitative estimate of drug-likeness (QED) is 0.442. The van der Waals surface area contributed by atoms with Crippen LogP contribution in [-0.2, 0) is 19.4 Å². The van der Waals surface area contributed by atoms with Crippen molar-refractivity contribution in [1.82, 2.24) is 5.32 Å².